The summed E-state index contributed by atoms with van der Waals surface area (Å²) in [5.74, 6) is 0.540. The van der Waals surface area contributed by atoms with Crippen LogP contribution in [-0.4, -0.2) is 24.7 Å². The molecule has 0 aromatic carbocycles. The van der Waals surface area contributed by atoms with Crippen molar-refractivity contribution in [1.29, 1.82) is 0 Å². The summed E-state index contributed by atoms with van der Waals surface area (Å²) < 4.78 is 1.51. The largest absolute Gasteiger partial charge is 0.251 e. The van der Waals surface area contributed by atoms with Gasteiger partial charge in [0, 0.05) is 12.4 Å². The molecule has 2 aromatic rings. The normalized spacial score (nSPS) is 10.1. The maximum Gasteiger partial charge on any atom is 0.251 e. The average Bonchev–Trinajstić information content (AvgIpc) is 2.58. The van der Waals surface area contributed by atoms with Crippen LogP contribution in [0.5, 0.6) is 0 Å². The van der Waals surface area contributed by atoms with E-state index >= 15 is 0 Å². The lowest BCUT2D eigenvalue weighted by Crippen LogP contribution is -2.00. The van der Waals surface area contributed by atoms with Gasteiger partial charge in [-0.15, -0.1) is 0 Å². The monoisotopic (exact) mass is 161 g/mol. The zero-order valence-electron chi connectivity index (χ0n) is 6.55. The lowest BCUT2D eigenvalue weighted by Gasteiger charge is -1.96. The molecule has 12 heavy (non-hydrogen) atoms. The van der Waals surface area contributed by atoms with Crippen LogP contribution in [0.15, 0.2) is 25.0 Å². The minimum absolute atomic E-state index is 0.540. The minimum Gasteiger partial charge on any atom is -0.223 e. The van der Waals surface area contributed by atoms with Crippen LogP contribution in [0.3, 0.4) is 0 Å². The molecular weight excluding hydrogens is 154 g/mol. The highest BCUT2D eigenvalue weighted by Gasteiger charge is 1.97. The smallest absolute Gasteiger partial charge is 0.223 e. The molecule has 0 amide bonds. The Morgan fingerprint density at radius 2 is 2.00 bits per heavy atom. The van der Waals surface area contributed by atoms with Gasteiger partial charge in [0.25, 0.3) is 5.95 Å². The molecule has 0 aliphatic heterocycles. The summed E-state index contributed by atoms with van der Waals surface area (Å²) in [6.45, 7) is 1.94. The number of aryl methyl sites for hydroxylation is 1. The van der Waals surface area contributed by atoms with Crippen molar-refractivity contribution in [1.82, 2.24) is 24.7 Å². The number of rotatable bonds is 1. The zero-order valence-corrected chi connectivity index (χ0v) is 6.55. The maximum absolute atomic E-state index is 4.07. The van der Waals surface area contributed by atoms with E-state index in [1.165, 1.54) is 11.0 Å². The van der Waals surface area contributed by atoms with Gasteiger partial charge in [0.05, 0.1) is 0 Å². The van der Waals surface area contributed by atoms with E-state index in [0.717, 1.165) is 5.56 Å². The van der Waals surface area contributed by atoms with Gasteiger partial charge >= 0.3 is 0 Å². The first-order valence-corrected chi connectivity index (χ1v) is 3.50. The molecule has 0 saturated carbocycles. The summed E-state index contributed by atoms with van der Waals surface area (Å²) in [4.78, 5) is 11.9. The van der Waals surface area contributed by atoms with Crippen LogP contribution >= 0.6 is 0 Å². The molecule has 0 radical (unpaired) electrons. The molecule has 5 heteroatoms. The fourth-order valence-corrected chi connectivity index (χ4v) is 0.816. The number of hydrogen-bond acceptors (Lipinski definition) is 4. The predicted octanol–water partition coefficient (Wildman–Crippen LogP) is 0.366. The van der Waals surface area contributed by atoms with Gasteiger partial charge in [-0.05, 0) is 12.5 Å². The van der Waals surface area contributed by atoms with Crippen molar-refractivity contribution in [3.05, 3.63) is 30.6 Å². The summed E-state index contributed by atoms with van der Waals surface area (Å²) in [6, 6.07) is 0. The molecule has 0 N–H and O–H groups in total. The van der Waals surface area contributed by atoms with Crippen molar-refractivity contribution < 1.29 is 0 Å². The van der Waals surface area contributed by atoms with Crippen molar-refractivity contribution in [3.63, 3.8) is 0 Å². The van der Waals surface area contributed by atoms with Gasteiger partial charge < -0.3 is 0 Å². The highest BCUT2D eigenvalue weighted by Crippen LogP contribution is 1.96. The van der Waals surface area contributed by atoms with E-state index in [9.17, 15) is 0 Å². The Labute approximate surface area is 69.1 Å². The van der Waals surface area contributed by atoms with Crippen LogP contribution in [0.2, 0.25) is 0 Å². The molecule has 5 nitrogen and oxygen atoms in total. The van der Waals surface area contributed by atoms with E-state index in [2.05, 4.69) is 20.1 Å². The molecule has 2 rings (SSSR count). The third-order valence-electron chi connectivity index (χ3n) is 1.39. The Kier molecular flexibility index (Phi) is 1.55. The van der Waals surface area contributed by atoms with Gasteiger partial charge in [-0.1, -0.05) is 0 Å². The summed E-state index contributed by atoms with van der Waals surface area (Å²) in [7, 11) is 0. The molecule has 0 saturated heterocycles. The Bertz CT molecular complexity index is 350. The first-order valence-electron chi connectivity index (χ1n) is 3.50. The molecule has 0 bridgehead atoms. The molecular formula is C7H7N5. The van der Waals surface area contributed by atoms with Gasteiger partial charge in [-0.3, -0.25) is 0 Å². The Morgan fingerprint density at radius 1 is 1.25 bits per heavy atom. The molecule has 0 fully saturated rings. The molecule has 2 aromatic heterocycles. The van der Waals surface area contributed by atoms with E-state index in [1.54, 1.807) is 18.7 Å². The molecule has 0 unspecified atom stereocenters. The minimum atomic E-state index is 0.540. The van der Waals surface area contributed by atoms with Crippen molar-refractivity contribution in [2.45, 2.75) is 6.92 Å². The molecule has 0 aliphatic rings. The summed E-state index contributed by atoms with van der Waals surface area (Å²) in [5.41, 5.74) is 1.03. The number of hydrogen-bond donors (Lipinski definition) is 0. The van der Waals surface area contributed by atoms with Gasteiger partial charge in [0.2, 0.25) is 0 Å². The molecule has 0 spiro atoms. The molecule has 60 valence electrons. The molecule has 2 heterocycles. The Hall–Kier alpha value is -1.78. The topological polar surface area (TPSA) is 56.5 Å². The van der Waals surface area contributed by atoms with E-state index in [0.29, 0.717) is 5.95 Å². The predicted molar refractivity (Wildman–Crippen MR) is 41.7 cm³/mol. The van der Waals surface area contributed by atoms with Gasteiger partial charge in [-0.2, -0.15) is 9.78 Å². The lowest BCUT2D eigenvalue weighted by molar-refractivity contribution is 0.803. The van der Waals surface area contributed by atoms with Crippen molar-refractivity contribution in [3.8, 4) is 5.95 Å². The van der Waals surface area contributed by atoms with E-state index in [1.807, 2.05) is 6.92 Å². The summed E-state index contributed by atoms with van der Waals surface area (Å²) in [5, 5.41) is 3.90. The fraction of sp³-hybridized carbons (Fsp3) is 0.143. The van der Waals surface area contributed by atoms with Crippen LogP contribution in [0, 0.1) is 6.92 Å². The highest BCUT2D eigenvalue weighted by molar-refractivity contribution is 5.10. The lowest BCUT2D eigenvalue weighted by atomic mass is 10.4. The van der Waals surface area contributed by atoms with E-state index < -0.39 is 0 Å². The second-order valence-electron chi connectivity index (χ2n) is 2.40. The zero-order chi connectivity index (χ0) is 8.39. The van der Waals surface area contributed by atoms with Gasteiger partial charge in [0.15, 0.2) is 0 Å². The van der Waals surface area contributed by atoms with Crippen LogP contribution in [0.25, 0.3) is 5.95 Å². The second-order valence-corrected chi connectivity index (χ2v) is 2.40. The Balaban J connectivity index is 2.43. The van der Waals surface area contributed by atoms with Gasteiger partial charge in [-0.25, -0.2) is 15.0 Å². The number of nitrogens with zero attached hydrogens (tertiary/aromatic N) is 5. The SMILES string of the molecule is Cc1cnc(-n2cncn2)nc1. The quantitative estimate of drug-likeness (QED) is 0.606. The van der Waals surface area contributed by atoms with Crippen molar-refractivity contribution >= 4 is 0 Å². The van der Waals surface area contributed by atoms with Crippen LogP contribution in [-0.2, 0) is 0 Å². The van der Waals surface area contributed by atoms with Gasteiger partial charge in [0.1, 0.15) is 12.7 Å². The van der Waals surface area contributed by atoms with Crippen LogP contribution in [0.4, 0.5) is 0 Å². The van der Waals surface area contributed by atoms with Crippen LogP contribution < -0.4 is 0 Å². The average molecular weight is 161 g/mol. The summed E-state index contributed by atoms with van der Waals surface area (Å²) in [6.07, 6.45) is 6.49. The Morgan fingerprint density at radius 3 is 2.58 bits per heavy atom. The van der Waals surface area contributed by atoms with Crippen LogP contribution in [0.1, 0.15) is 5.56 Å². The van der Waals surface area contributed by atoms with Crippen molar-refractivity contribution in [2.75, 3.05) is 0 Å². The van der Waals surface area contributed by atoms with Crippen molar-refractivity contribution in [2.24, 2.45) is 0 Å². The third-order valence-corrected chi connectivity index (χ3v) is 1.39. The fourth-order valence-electron chi connectivity index (χ4n) is 0.816. The van der Waals surface area contributed by atoms with E-state index in [4.69, 9.17) is 0 Å². The second kappa shape index (κ2) is 2.69. The molecule has 0 atom stereocenters. The first-order chi connectivity index (χ1) is 5.86. The first kappa shape index (κ1) is 6.90. The molecule has 0 aliphatic carbocycles. The highest BCUT2D eigenvalue weighted by atomic mass is 15.4. The van der Waals surface area contributed by atoms with E-state index in [-0.39, 0.29) is 0 Å². The third kappa shape index (κ3) is 1.16. The standard InChI is InChI=1S/C7H7N5/c1-6-2-9-7(10-3-6)12-5-8-4-11-12/h2-5H,1H3. The summed E-state index contributed by atoms with van der Waals surface area (Å²) >= 11 is 0. The maximum atomic E-state index is 4.07. The number of aromatic nitrogens is 5.